The van der Waals surface area contributed by atoms with Gasteiger partial charge in [0.2, 0.25) is 11.7 Å². The fourth-order valence-electron chi connectivity index (χ4n) is 3.23. The molecule has 140 valence electrons. The third-order valence-electron chi connectivity index (χ3n) is 4.72. The highest BCUT2D eigenvalue weighted by atomic mass is 79.9. The quantitative estimate of drug-likeness (QED) is 0.569. The van der Waals surface area contributed by atoms with Gasteiger partial charge in [0.1, 0.15) is 0 Å². The van der Waals surface area contributed by atoms with Crippen molar-refractivity contribution in [1.82, 2.24) is 15.0 Å². The van der Waals surface area contributed by atoms with Crippen LogP contribution in [0.2, 0.25) is 5.02 Å². The van der Waals surface area contributed by atoms with E-state index >= 15 is 0 Å². The Hall–Kier alpha value is -2.12. The summed E-state index contributed by atoms with van der Waals surface area (Å²) in [6.07, 6.45) is 2.51. The molecular weight excluding hydrogens is 434 g/mol. The molecule has 4 rings (SSSR count). The molecule has 0 unspecified atom stereocenters. The lowest BCUT2D eigenvalue weighted by molar-refractivity contribution is 0.0654. The van der Waals surface area contributed by atoms with E-state index in [4.69, 9.17) is 20.5 Å². The summed E-state index contributed by atoms with van der Waals surface area (Å²) in [7, 11) is 0. The summed E-state index contributed by atoms with van der Waals surface area (Å²) >= 11 is 9.13. The predicted octanol–water partition coefficient (Wildman–Crippen LogP) is 4.84. The van der Waals surface area contributed by atoms with Gasteiger partial charge in [-0.05, 0) is 71.1 Å². The average Bonchev–Trinajstić information content (AvgIpc) is 3.32. The molecule has 0 atom stereocenters. The van der Waals surface area contributed by atoms with Crippen LogP contribution in [0.25, 0.3) is 11.4 Å². The van der Waals surface area contributed by atoms with Crippen LogP contribution >= 0.6 is 27.5 Å². The molecule has 8 heteroatoms. The Balaban J connectivity index is 1.33. The number of hydrogen-bond acceptors (Lipinski definition) is 5. The zero-order valence-corrected chi connectivity index (χ0v) is 16.7. The molecule has 27 heavy (non-hydrogen) atoms. The van der Waals surface area contributed by atoms with Gasteiger partial charge in [0.05, 0.1) is 0 Å². The van der Waals surface area contributed by atoms with E-state index < -0.39 is 0 Å². The fraction of sp³-hybridized carbons (Fsp3) is 0.316. The number of furan rings is 1. The number of aromatic nitrogens is 2. The number of nitrogens with zero attached hydrogens (tertiary/aromatic N) is 3. The van der Waals surface area contributed by atoms with E-state index in [1.807, 2.05) is 17.0 Å². The average molecular weight is 451 g/mol. The van der Waals surface area contributed by atoms with Crippen LogP contribution in [0.5, 0.6) is 0 Å². The number of likely N-dealkylation sites (tertiary alicyclic amines) is 1. The van der Waals surface area contributed by atoms with Crippen LogP contribution in [-0.4, -0.2) is 34.0 Å². The third-order valence-corrected chi connectivity index (χ3v) is 5.40. The Morgan fingerprint density at radius 3 is 2.59 bits per heavy atom. The van der Waals surface area contributed by atoms with Crippen LogP contribution in [0.1, 0.15) is 29.3 Å². The molecule has 0 spiro atoms. The van der Waals surface area contributed by atoms with E-state index in [9.17, 15) is 4.79 Å². The molecule has 6 nitrogen and oxygen atoms in total. The zero-order chi connectivity index (χ0) is 18.8. The lowest BCUT2D eigenvalue weighted by Gasteiger charge is -2.30. The maximum absolute atomic E-state index is 12.4. The minimum atomic E-state index is -0.0676. The summed E-state index contributed by atoms with van der Waals surface area (Å²) in [5, 5.41) is 4.73. The Labute approximate surface area is 169 Å². The van der Waals surface area contributed by atoms with E-state index in [1.165, 1.54) is 0 Å². The minimum Gasteiger partial charge on any atom is -0.444 e. The van der Waals surface area contributed by atoms with E-state index in [2.05, 4.69) is 26.1 Å². The largest absolute Gasteiger partial charge is 0.444 e. The highest BCUT2D eigenvalue weighted by Gasteiger charge is 2.26. The smallest absolute Gasteiger partial charge is 0.289 e. The summed E-state index contributed by atoms with van der Waals surface area (Å²) in [5.74, 6) is 1.90. The second kappa shape index (κ2) is 7.86. The topological polar surface area (TPSA) is 72.4 Å². The van der Waals surface area contributed by atoms with Crippen molar-refractivity contribution in [3.05, 3.63) is 57.7 Å². The number of carbonyl (C=O) groups is 1. The van der Waals surface area contributed by atoms with E-state index in [1.54, 1.807) is 24.3 Å². The maximum atomic E-state index is 12.4. The molecule has 1 amide bonds. The molecule has 1 fully saturated rings. The van der Waals surface area contributed by atoms with Gasteiger partial charge in [0.25, 0.3) is 5.91 Å². The molecule has 0 N–H and O–H groups in total. The zero-order valence-electron chi connectivity index (χ0n) is 14.4. The maximum Gasteiger partial charge on any atom is 0.289 e. The lowest BCUT2D eigenvalue weighted by atomic mass is 9.93. The molecule has 1 aliphatic rings. The molecule has 3 heterocycles. The standard InChI is InChI=1S/C19H17BrClN3O3/c20-16-6-5-15(26-16)19(25)24-9-7-12(8-10-24)11-17-22-18(23-27-17)13-1-3-14(21)4-2-13/h1-6,12H,7-11H2. The van der Waals surface area contributed by atoms with Crippen molar-refractivity contribution in [2.45, 2.75) is 19.3 Å². The van der Waals surface area contributed by atoms with Crippen LogP contribution in [0.4, 0.5) is 0 Å². The number of rotatable bonds is 4. The first kappa shape index (κ1) is 18.3. The predicted molar refractivity (Wildman–Crippen MR) is 103 cm³/mol. The Morgan fingerprint density at radius 1 is 1.19 bits per heavy atom. The summed E-state index contributed by atoms with van der Waals surface area (Å²) in [6, 6.07) is 10.8. The summed E-state index contributed by atoms with van der Waals surface area (Å²) < 4.78 is 11.3. The number of halogens is 2. The number of piperidine rings is 1. The Morgan fingerprint density at radius 2 is 1.93 bits per heavy atom. The van der Waals surface area contributed by atoms with E-state index in [0.29, 0.717) is 46.2 Å². The van der Waals surface area contributed by atoms with Gasteiger partial charge in [-0.25, -0.2) is 0 Å². The van der Waals surface area contributed by atoms with Crippen LogP contribution < -0.4 is 0 Å². The summed E-state index contributed by atoms with van der Waals surface area (Å²) in [5.41, 5.74) is 0.874. The molecule has 1 aromatic carbocycles. The second-order valence-electron chi connectivity index (χ2n) is 6.56. The number of carbonyl (C=O) groups excluding carboxylic acids is 1. The SMILES string of the molecule is O=C(c1ccc(Br)o1)N1CCC(Cc2nc(-c3ccc(Cl)cc3)no2)CC1. The summed E-state index contributed by atoms with van der Waals surface area (Å²) in [4.78, 5) is 18.7. The highest BCUT2D eigenvalue weighted by Crippen LogP contribution is 2.25. The first-order valence-electron chi connectivity index (χ1n) is 8.71. The van der Waals surface area contributed by atoms with Crippen molar-refractivity contribution in [2.24, 2.45) is 5.92 Å². The van der Waals surface area contributed by atoms with Crippen molar-refractivity contribution in [2.75, 3.05) is 13.1 Å². The van der Waals surface area contributed by atoms with Crippen molar-refractivity contribution < 1.29 is 13.7 Å². The molecule has 0 aliphatic carbocycles. The molecular formula is C19H17BrClN3O3. The first-order valence-corrected chi connectivity index (χ1v) is 9.89. The van der Waals surface area contributed by atoms with Crippen LogP contribution in [0.15, 0.2) is 50.0 Å². The van der Waals surface area contributed by atoms with Gasteiger partial charge >= 0.3 is 0 Å². The molecule has 1 saturated heterocycles. The number of amides is 1. The van der Waals surface area contributed by atoms with E-state index in [0.717, 1.165) is 24.8 Å². The van der Waals surface area contributed by atoms with E-state index in [-0.39, 0.29) is 5.91 Å². The van der Waals surface area contributed by atoms with Crippen molar-refractivity contribution in [3.8, 4) is 11.4 Å². The van der Waals surface area contributed by atoms with Gasteiger partial charge in [0.15, 0.2) is 10.4 Å². The molecule has 0 saturated carbocycles. The normalized spacial score (nSPS) is 15.3. The lowest BCUT2D eigenvalue weighted by Crippen LogP contribution is -2.38. The highest BCUT2D eigenvalue weighted by molar-refractivity contribution is 9.10. The number of hydrogen-bond donors (Lipinski definition) is 0. The van der Waals surface area contributed by atoms with Gasteiger partial charge < -0.3 is 13.8 Å². The van der Waals surface area contributed by atoms with Crippen molar-refractivity contribution in [1.29, 1.82) is 0 Å². The fourth-order valence-corrected chi connectivity index (χ4v) is 3.66. The van der Waals surface area contributed by atoms with Crippen LogP contribution in [0.3, 0.4) is 0 Å². The monoisotopic (exact) mass is 449 g/mol. The molecule has 3 aromatic rings. The van der Waals surface area contributed by atoms with Crippen LogP contribution in [-0.2, 0) is 6.42 Å². The molecule has 0 bridgehead atoms. The van der Waals surface area contributed by atoms with Gasteiger partial charge in [-0.15, -0.1) is 0 Å². The summed E-state index contributed by atoms with van der Waals surface area (Å²) in [6.45, 7) is 1.39. The molecule has 2 aromatic heterocycles. The van der Waals surface area contributed by atoms with Gasteiger partial charge in [-0.2, -0.15) is 4.98 Å². The molecule has 1 aliphatic heterocycles. The van der Waals surface area contributed by atoms with Gasteiger partial charge in [0, 0.05) is 30.1 Å². The Bertz CT molecular complexity index is 930. The minimum absolute atomic E-state index is 0.0676. The van der Waals surface area contributed by atoms with Crippen molar-refractivity contribution in [3.63, 3.8) is 0 Å². The van der Waals surface area contributed by atoms with Crippen LogP contribution in [0, 0.1) is 5.92 Å². The Kier molecular flexibility index (Phi) is 5.31. The van der Waals surface area contributed by atoms with Gasteiger partial charge in [-0.3, -0.25) is 4.79 Å². The van der Waals surface area contributed by atoms with Crippen molar-refractivity contribution >= 4 is 33.4 Å². The second-order valence-corrected chi connectivity index (χ2v) is 7.78. The third kappa shape index (κ3) is 4.25. The molecule has 0 radical (unpaired) electrons. The first-order chi connectivity index (χ1) is 13.1. The number of benzene rings is 1. The van der Waals surface area contributed by atoms with Gasteiger partial charge in [-0.1, -0.05) is 16.8 Å².